The van der Waals surface area contributed by atoms with Gasteiger partial charge in [0.05, 0.1) is 12.7 Å². The third-order valence-corrected chi connectivity index (χ3v) is 3.21. The van der Waals surface area contributed by atoms with Gasteiger partial charge in [-0.15, -0.1) is 0 Å². The third-order valence-electron chi connectivity index (χ3n) is 2.68. The Morgan fingerprint density at radius 1 is 1.00 bits per heavy atom. The Morgan fingerprint density at radius 2 is 1.63 bits per heavy atom. The molecule has 0 aliphatic carbocycles. The molecule has 0 radical (unpaired) electrons. The van der Waals surface area contributed by atoms with Crippen LogP contribution in [0, 0.1) is 0 Å². The van der Waals surface area contributed by atoms with E-state index in [0.29, 0.717) is 16.9 Å². The first-order chi connectivity index (χ1) is 8.91. The van der Waals surface area contributed by atoms with Crippen molar-refractivity contribution in [2.75, 3.05) is 7.11 Å². The second kappa shape index (κ2) is 5.25. The summed E-state index contributed by atoms with van der Waals surface area (Å²) in [5, 5.41) is 0. The molecule has 0 aromatic heterocycles. The molecule has 0 atom stereocenters. The highest BCUT2D eigenvalue weighted by Crippen LogP contribution is 2.37. The predicted molar refractivity (Wildman–Crippen MR) is 71.1 cm³/mol. The molecule has 0 heterocycles. The maximum atomic E-state index is 12.7. The van der Waals surface area contributed by atoms with Crippen LogP contribution in [0.15, 0.2) is 46.9 Å². The smallest absolute Gasteiger partial charge is 0.416 e. The molecule has 0 fully saturated rings. The maximum absolute atomic E-state index is 12.7. The summed E-state index contributed by atoms with van der Waals surface area (Å²) < 4.78 is 44.2. The van der Waals surface area contributed by atoms with E-state index in [-0.39, 0.29) is 0 Å². The zero-order valence-electron chi connectivity index (χ0n) is 9.96. The van der Waals surface area contributed by atoms with Crippen molar-refractivity contribution in [3.8, 4) is 16.9 Å². The van der Waals surface area contributed by atoms with Crippen molar-refractivity contribution in [1.82, 2.24) is 0 Å². The van der Waals surface area contributed by atoms with Crippen molar-refractivity contribution in [2.24, 2.45) is 0 Å². The van der Waals surface area contributed by atoms with Gasteiger partial charge in [0.1, 0.15) is 5.75 Å². The monoisotopic (exact) mass is 330 g/mol. The normalized spacial score (nSPS) is 11.4. The third kappa shape index (κ3) is 3.10. The number of rotatable bonds is 2. The van der Waals surface area contributed by atoms with Gasteiger partial charge in [-0.05, 0) is 35.9 Å². The van der Waals surface area contributed by atoms with Crippen molar-refractivity contribution in [2.45, 2.75) is 6.18 Å². The molecule has 0 aliphatic rings. The maximum Gasteiger partial charge on any atom is 0.416 e. The standard InChI is InChI=1S/C14H10BrF3O/c1-19-13-7-4-10(14(16,17)18)8-12(13)9-2-5-11(15)6-3-9/h2-8H,1H3. The summed E-state index contributed by atoms with van der Waals surface area (Å²) in [4.78, 5) is 0. The Labute approximate surface area is 117 Å². The lowest BCUT2D eigenvalue weighted by Gasteiger charge is -2.13. The van der Waals surface area contributed by atoms with Gasteiger partial charge in [0, 0.05) is 10.0 Å². The molecule has 19 heavy (non-hydrogen) atoms. The van der Waals surface area contributed by atoms with Crippen molar-refractivity contribution in [3.63, 3.8) is 0 Å². The molecule has 1 nitrogen and oxygen atoms in total. The molecule has 2 rings (SSSR count). The molecular weight excluding hydrogens is 321 g/mol. The largest absolute Gasteiger partial charge is 0.496 e. The number of hydrogen-bond acceptors (Lipinski definition) is 1. The zero-order chi connectivity index (χ0) is 14.0. The second-order valence-electron chi connectivity index (χ2n) is 3.92. The number of alkyl halides is 3. The molecule has 0 saturated heterocycles. The van der Waals surface area contributed by atoms with Gasteiger partial charge in [-0.2, -0.15) is 13.2 Å². The predicted octanol–water partition coefficient (Wildman–Crippen LogP) is 5.14. The molecule has 0 amide bonds. The Morgan fingerprint density at radius 3 is 2.16 bits per heavy atom. The second-order valence-corrected chi connectivity index (χ2v) is 4.84. The lowest BCUT2D eigenvalue weighted by molar-refractivity contribution is -0.137. The number of halogens is 4. The molecule has 0 N–H and O–H groups in total. The topological polar surface area (TPSA) is 9.23 Å². The van der Waals surface area contributed by atoms with E-state index >= 15 is 0 Å². The van der Waals surface area contributed by atoms with Gasteiger partial charge in [0.15, 0.2) is 0 Å². The first-order valence-corrected chi connectivity index (χ1v) is 6.22. The van der Waals surface area contributed by atoms with Crippen LogP contribution >= 0.6 is 15.9 Å². The minimum Gasteiger partial charge on any atom is -0.496 e. The van der Waals surface area contributed by atoms with Gasteiger partial charge in [-0.3, -0.25) is 0 Å². The SMILES string of the molecule is COc1ccc(C(F)(F)F)cc1-c1ccc(Br)cc1. The van der Waals surface area contributed by atoms with E-state index in [0.717, 1.165) is 16.6 Å². The number of hydrogen-bond donors (Lipinski definition) is 0. The van der Waals surface area contributed by atoms with Crippen LogP contribution < -0.4 is 4.74 Å². The zero-order valence-corrected chi connectivity index (χ0v) is 11.5. The van der Waals surface area contributed by atoms with Crippen LogP contribution in [0.25, 0.3) is 11.1 Å². The van der Waals surface area contributed by atoms with Crippen LogP contribution in [-0.2, 0) is 6.18 Å². The summed E-state index contributed by atoms with van der Waals surface area (Å²) in [5.41, 5.74) is 0.405. The fourth-order valence-electron chi connectivity index (χ4n) is 1.74. The molecule has 0 bridgehead atoms. The Hall–Kier alpha value is -1.49. The summed E-state index contributed by atoms with van der Waals surface area (Å²) in [6.45, 7) is 0. The highest BCUT2D eigenvalue weighted by atomic mass is 79.9. The van der Waals surface area contributed by atoms with Crippen molar-refractivity contribution in [1.29, 1.82) is 0 Å². The van der Waals surface area contributed by atoms with Gasteiger partial charge in [0.2, 0.25) is 0 Å². The van der Waals surface area contributed by atoms with Crippen molar-refractivity contribution >= 4 is 15.9 Å². The van der Waals surface area contributed by atoms with Crippen molar-refractivity contribution in [3.05, 3.63) is 52.5 Å². The molecular formula is C14H10BrF3O. The molecule has 0 aliphatic heterocycles. The summed E-state index contributed by atoms with van der Waals surface area (Å²) in [5.74, 6) is 0.412. The lowest BCUT2D eigenvalue weighted by Crippen LogP contribution is -2.05. The van der Waals surface area contributed by atoms with Crippen molar-refractivity contribution < 1.29 is 17.9 Å². The molecule has 5 heteroatoms. The minimum absolute atomic E-state index is 0.412. The van der Waals surface area contributed by atoms with Crippen LogP contribution in [-0.4, -0.2) is 7.11 Å². The molecule has 100 valence electrons. The lowest BCUT2D eigenvalue weighted by atomic mass is 10.0. The van der Waals surface area contributed by atoms with E-state index in [2.05, 4.69) is 15.9 Å². The fourth-order valence-corrected chi connectivity index (χ4v) is 2.00. The molecule has 2 aromatic carbocycles. The molecule has 0 saturated carbocycles. The van der Waals surface area contributed by atoms with Gasteiger partial charge in [-0.1, -0.05) is 28.1 Å². The Bertz CT molecular complexity index is 576. The van der Waals surface area contributed by atoms with Gasteiger partial charge < -0.3 is 4.74 Å². The van der Waals surface area contributed by atoms with E-state index in [1.165, 1.54) is 13.2 Å². The van der Waals surface area contributed by atoms with Crippen LogP contribution in [0.1, 0.15) is 5.56 Å². The molecule has 0 spiro atoms. The Kier molecular flexibility index (Phi) is 3.85. The van der Waals surface area contributed by atoms with Crippen LogP contribution in [0.3, 0.4) is 0 Å². The highest BCUT2D eigenvalue weighted by Gasteiger charge is 2.31. The average Bonchev–Trinajstić information content (AvgIpc) is 2.38. The average molecular weight is 331 g/mol. The van der Waals surface area contributed by atoms with E-state index < -0.39 is 11.7 Å². The summed E-state index contributed by atoms with van der Waals surface area (Å²) in [7, 11) is 1.44. The highest BCUT2D eigenvalue weighted by molar-refractivity contribution is 9.10. The van der Waals surface area contributed by atoms with E-state index in [1.54, 1.807) is 24.3 Å². The fraction of sp³-hybridized carbons (Fsp3) is 0.143. The van der Waals surface area contributed by atoms with E-state index in [9.17, 15) is 13.2 Å². The van der Waals surface area contributed by atoms with Crippen LogP contribution in [0.5, 0.6) is 5.75 Å². The van der Waals surface area contributed by atoms with E-state index in [4.69, 9.17) is 4.74 Å². The summed E-state index contributed by atoms with van der Waals surface area (Å²) in [6.07, 6.45) is -4.36. The number of ether oxygens (including phenoxy) is 1. The molecule has 0 unspecified atom stereocenters. The first kappa shape index (κ1) is 13.9. The number of methoxy groups -OCH3 is 1. The van der Waals surface area contributed by atoms with Gasteiger partial charge >= 0.3 is 6.18 Å². The molecule has 2 aromatic rings. The van der Waals surface area contributed by atoms with Gasteiger partial charge in [-0.25, -0.2) is 0 Å². The first-order valence-electron chi connectivity index (χ1n) is 5.43. The van der Waals surface area contributed by atoms with Crippen LogP contribution in [0.2, 0.25) is 0 Å². The van der Waals surface area contributed by atoms with E-state index in [1.807, 2.05) is 0 Å². The van der Waals surface area contributed by atoms with Gasteiger partial charge in [0.25, 0.3) is 0 Å². The summed E-state index contributed by atoms with van der Waals surface area (Å²) >= 11 is 3.29. The van der Waals surface area contributed by atoms with Crippen LogP contribution in [0.4, 0.5) is 13.2 Å². The summed E-state index contributed by atoms with van der Waals surface area (Å²) in [6, 6.07) is 10.5. The number of benzene rings is 2. The Balaban J connectivity index is 2.56. The quantitative estimate of drug-likeness (QED) is 0.740. The minimum atomic E-state index is -4.36.